The highest BCUT2D eigenvalue weighted by Crippen LogP contribution is 2.44. The van der Waals surface area contributed by atoms with E-state index in [2.05, 4.69) is 20.3 Å². The third-order valence-electron chi connectivity index (χ3n) is 5.01. The lowest BCUT2D eigenvalue weighted by Gasteiger charge is -2.26. The first-order valence-electron chi connectivity index (χ1n) is 8.91. The lowest BCUT2D eigenvalue weighted by Crippen LogP contribution is -2.38. The molecule has 3 heterocycles. The standard InChI is InChI=1S/C21H21N5O/c1-14(15-8-5-4-6-9-15)26-18-17(21(2,3)19(26)27)13-23-20(25-18)24-16-10-7-11-22-12-16/h4-14H,1-3H3,(H,23,24,25)/t14-/m1/s1. The summed E-state index contributed by atoms with van der Waals surface area (Å²) in [6, 6.07) is 13.6. The Balaban J connectivity index is 1.75. The van der Waals surface area contributed by atoms with Crippen LogP contribution in [0.2, 0.25) is 0 Å². The molecule has 0 radical (unpaired) electrons. The number of rotatable bonds is 4. The predicted octanol–water partition coefficient (Wildman–Crippen LogP) is 4.00. The molecule has 27 heavy (non-hydrogen) atoms. The number of nitrogens with one attached hydrogen (secondary N) is 1. The van der Waals surface area contributed by atoms with Gasteiger partial charge in [-0.15, -0.1) is 0 Å². The van der Waals surface area contributed by atoms with Crippen molar-refractivity contribution in [3.63, 3.8) is 0 Å². The van der Waals surface area contributed by atoms with E-state index >= 15 is 0 Å². The number of carbonyl (C=O) groups is 1. The molecule has 6 heteroatoms. The van der Waals surface area contributed by atoms with E-state index in [1.54, 1.807) is 23.5 Å². The third kappa shape index (κ3) is 2.93. The monoisotopic (exact) mass is 359 g/mol. The number of aromatic nitrogens is 3. The maximum atomic E-state index is 13.2. The molecule has 0 fully saturated rings. The van der Waals surface area contributed by atoms with E-state index in [4.69, 9.17) is 0 Å². The highest BCUT2D eigenvalue weighted by Gasteiger charge is 2.47. The molecule has 136 valence electrons. The second kappa shape index (κ2) is 6.46. The zero-order valence-electron chi connectivity index (χ0n) is 15.5. The molecular weight excluding hydrogens is 338 g/mol. The summed E-state index contributed by atoms with van der Waals surface area (Å²) < 4.78 is 0. The summed E-state index contributed by atoms with van der Waals surface area (Å²) in [5.41, 5.74) is 2.04. The van der Waals surface area contributed by atoms with Gasteiger partial charge in [-0.05, 0) is 38.5 Å². The van der Waals surface area contributed by atoms with Gasteiger partial charge in [-0.3, -0.25) is 14.7 Å². The molecule has 0 saturated heterocycles. The van der Waals surface area contributed by atoms with Crippen LogP contribution in [0.15, 0.2) is 61.1 Å². The fourth-order valence-corrected chi connectivity index (χ4v) is 3.38. The summed E-state index contributed by atoms with van der Waals surface area (Å²) >= 11 is 0. The molecule has 1 atom stereocenters. The summed E-state index contributed by atoms with van der Waals surface area (Å²) in [6.45, 7) is 5.86. The molecule has 0 aliphatic carbocycles. The predicted molar refractivity (Wildman–Crippen MR) is 105 cm³/mol. The van der Waals surface area contributed by atoms with Crippen molar-refractivity contribution in [3.05, 3.63) is 72.2 Å². The van der Waals surface area contributed by atoms with E-state index in [1.165, 1.54) is 0 Å². The van der Waals surface area contributed by atoms with Gasteiger partial charge in [0.1, 0.15) is 5.82 Å². The minimum absolute atomic E-state index is 0.0293. The molecule has 6 nitrogen and oxygen atoms in total. The Morgan fingerprint density at radius 1 is 1.07 bits per heavy atom. The molecular formula is C21H21N5O. The molecule has 0 saturated carbocycles. The highest BCUT2D eigenvalue weighted by atomic mass is 16.2. The van der Waals surface area contributed by atoms with E-state index in [9.17, 15) is 4.79 Å². The van der Waals surface area contributed by atoms with Crippen molar-refractivity contribution < 1.29 is 4.79 Å². The van der Waals surface area contributed by atoms with Crippen molar-refractivity contribution in [2.45, 2.75) is 32.2 Å². The molecule has 1 aliphatic rings. The second-order valence-corrected chi connectivity index (χ2v) is 7.18. The Labute approximate surface area is 158 Å². The Kier molecular flexibility index (Phi) is 4.11. The van der Waals surface area contributed by atoms with E-state index in [0.29, 0.717) is 11.8 Å². The first-order valence-corrected chi connectivity index (χ1v) is 8.91. The molecule has 0 spiro atoms. The summed E-state index contributed by atoms with van der Waals surface area (Å²) in [4.78, 5) is 28.2. The SMILES string of the molecule is C[C@H](c1ccccc1)N1C(=O)C(C)(C)c2cnc(Nc3cccnc3)nc21. The fraction of sp³-hybridized carbons (Fsp3) is 0.238. The van der Waals surface area contributed by atoms with Crippen LogP contribution in [-0.2, 0) is 10.2 Å². The van der Waals surface area contributed by atoms with Gasteiger partial charge in [-0.25, -0.2) is 4.98 Å². The van der Waals surface area contributed by atoms with Crippen LogP contribution in [0.3, 0.4) is 0 Å². The lowest BCUT2D eigenvalue weighted by atomic mass is 9.88. The minimum Gasteiger partial charge on any atom is -0.323 e. The quantitative estimate of drug-likeness (QED) is 0.762. The number of amides is 1. The molecule has 0 unspecified atom stereocenters. The third-order valence-corrected chi connectivity index (χ3v) is 5.01. The number of hydrogen-bond acceptors (Lipinski definition) is 5. The molecule has 1 N–H and O–H groups in total. The van der Waals surface area contributed by atoms with Gasteiger partial charge in [0.25, 0.3) is 0 Å². The maximum Gasteiger partial charge on any atom is 0.239 e. The molecule has 0 bridgehead atoms. The number of fused-ring (bicyclic) bond motifs is 1. The van der Waals surface area contributed by atoms with Gasteiger partial charge < -0.3 is 5.32 Å². The zero-order chi connectivity index (χ0) is 19.0. The average Bonchev–Trinajstić information content (AvgIpc) is 2.88. The van der Waals surface area contributed by atoms with Crippen LogP contribution < -0.4 is 10.2 Å². The molecule has 1 amide bonds. The first kappa shape index (κ1) is 17.1. The van der Waals surface area contributed by atoms with Crippen LogP contribution in [-0.4, -0.2) is 20.9 Å². The van der Waals surface area contributed by atoms with Crippen molar-refractivity contribution >= 4 is 23.4 Å². The normalized spacial score (nSPS) is 16.1. The Hall–Kier alpha value is -3.28. The van der Waals surface area contributed by atoms with E-state index in [1.807, 2.05) is 63.2 Å². The van der Waals surface area contributed by atoms with Crippen LogP contribution >= 0.6 is 0 Å². The van der Waals surface area contributed by atoms with Crippen LogP contribution in [0.25, 0.3) is 0 Å². The fourth-order valence-electron chi connectivity index (χ4n) is 3.38. The molecule has 3 aromatic rings. The maximum absolute atomic E-state index is 13.2. The number of benzene rings is 1. The topological polar surface area (TPSA) is 71.0 Å². The summed E-state index contributed by atoms with van der Waals surface area (Å²) in [5, 5.41) is 3.15. The van der Waals surface area contributed by atoms with Crippen LogP contribution in [0.4, 0.5) is 17.5 Å². The zero-order valence-corrected chi connectivity index (χ0v) is 15.5. The molecule has 4 rings (SSSR count). The van der Waals surface area contributed by atoms with Crippen molar-refractivity contribution in [3.8, 4) is 0 Å². The molecule has 1 aromatic carbocycles. The Bertz CT molecular complexity index is 972. The van der Waals surface area contributed by atoms with Gasteiger partial charge in [0.05, 0.1) is 23.3 Å². The smallest absolute Gasteiger partial charge is 0.239 e. The van der Waals surface area contributed by atoms with E-state index in [-0.39, 0.29) is 11.9 Å². The summed E-state index contributed by atoms with van der Waals surface area (Å²) in [5.74, 6) is 1.13. The van der Waals surface area contributed by atoms with Crippen LogP contribution in [0, 0.1) is 0 Å². The van der Waals surface area contributed by atoms with Crippen molar-refractivity contribution in [1.82, 2.24) is 15.0 Å². The summed E-state index contributed by atoms with van der Waals surface area (Å²) in [6.07, 6.45) is 5.16. The van der Waals surface area contributed by atoms with E-state index < -0.39 is 5.41 Å². The first-order chi connectivity index (χ1) is 13.0. The second-order valence-electron chi connectivity index (χ2n) is 7.18. The van der Waals surface area contributed by atoms with Crippen molar-refractivity contribution in [1.29, 1.82) is 0 Å². The van der Waals surface area contributed by atoms with Gasteiger partial charge >= 0.3 is 0 Å². The highest BCUT2D eigenvalue weighted by molar-refractivity contribution is 6.07. The van der Waals surface area contributed by atoms with Crippen molar-refractivity contribution in [2.24, 2.45) is 0 Å². The van der Waals surface area contributed by atoms with Gasteiger partial charge in [0.2, 0.25) is 11.9 Å². The van der Waals surface area contributed by atoms with Gasteiger partial charge in [-0.2, -0.15) is 4.98 Å². The largest absolute Gasteiger partial charge is 0.323 e. The van der Waals surface area contributed by atoms with E-state index in [0.717, 1.165) is 16.8 Å². The Morgan fingerprint density at radius 3 is 2.56 bits per heavy atom. The summed E-state index contributed by atoms with van der Waals surface area (Å²) in [7, 11) is 0. The average molecular weight is 359 g/mol. The van der Waals surface area contributed by atoms with Gasteiger partial charge in [0, 0.05) is 18.0 Å². The number of nitrogens with zero attached hydrogens (tertiary/aromatic N) is 4. The molecule has 1 aliphatic heterocycles. The number of carbonyl (C=O) groups excluding carboxylic acids is 1. The van der Waals surface area contributed by atoms with Gasteiger partial charge in [-0.1, -0.05) is 30.3 Å². The number of pyridine rings is 1. The lowest BCUT2D eigenvalue weighted by molar-refractivity contribution is -0.122. The van der Waals surface area contributed by atoms with Crippen LogP contribution in [0.5, 0.6) is 0 Å². The molecule has 2 aromatic heterocycles. The Morgan fingerprint density at radius 2 is 1.85 bits per heavy atom. The number of hydrogen-bond donors (Lipinski definition) is 1. The van der Waals surface area contributed by atoms with Crippen molar-refractivity contribution in [2.75, 3.05) is 10.2 Å². The minimum atomic E-state index is -0.662. The van der Waals surface area contributed by atoms with Crippen LogP contribution in [0.1, 0.15) is 37.9 Å². The van der Waals surface area contributed by atoms with Gasteiger partial charge in [0.15, 0.2) is 0 Å². The number of anilines is 3.